The van der Waals surface area contributed by atoms with E-state index < -0.39 is 17.3 Å². The molecule has 1 aromatic rings. The van der Waals surface area contributed by atoms with Crippen molar-refractivity contribution < 1.29 is 22.7 Å². The number of hydrogen-bond acceptors (Lipinski definition) is 3. The van der Waals surface area contributed by atoms with Crippen molar-refractivity contribution in [2.45, 2.75) is 32.5 Å². The summed E-state index contributed by atoms with van der Waals surface area (Å²) in [6.45, 7) is 8.19. The molecule has 2 heterocycles. The third-order valence-corrected chi connectivity index (χ3v) is 5.39. The van der Waals surface area contributed by atoms with Gasteiger partial charge < -0.3 is 14.5 Å². The molecule has 2 aliphatic rings. The van der Waals surface area contributed by atoms with Crippen LogP contribution >= 0.6 is 15.9 Å². The normalized spacial score (nSPS) is 23.3. The minimum absolute atomic E-state index is 0.297. The number of alkyl halides is 3. The molecule has 1 amide bonds. The maximum Gasteiger partial charge on any atom is 0.416 e. The van der Waals surface area contributed by atoms with Gasteiger partial charge in [-0.25, -0.2) is 4.79 Å². The summed E-state index contributed by atoms with van der Waals surface area (Å²) in [5.74, 6) is 0.605. The number of fused-ring (bicyclic) bond motifs is 1. The highest BCUT2D eigenvalue weighted by Gasteiger charge is 2.43. The number of carbonyl (C=O) groups excluding carboxylic acids is 1. The Hall–Kier alpha value is -1.44. The highest BCUT2D eigenvalue weighted by Crippen LogP contribution is 2.39. The van der Waals surface area contributed by atoms with E-state index in [1.54, 1.807) is 4.90 Å². The topological polar surface area (TPSA) is 32.8 Å². The zero-order valence-electron chi connectivity index (χ0n) is 14.9. The fraction of sp³-hybridized carbons (Fsp3) is 0.611. The molecule has 2 aliphatic heterocycles. The van der Waals surface area contributed by atoms with Crippen LogP contribution in [0.25, 0.3) is 0 Å². The van der Waals surface area contributed by atoms with Crippen LogP contribution in [-0.2, 0) is 10.9 Å². The molecule has 3 rings (SSSR count). The van der Waals surface area contributed by atoms with Gasteiger partial charge in [-0.3, -0.25) is 0 Å². The lowest BCUT2D eigenvalue weighted by molar-refractivity contribution is -0.137. The largest absolute Gasteiger partial charge is 0.444 e. The third kappa shape index (κ3) is 4.10. The van der Waals surface area contributed by atoms with Crippen LogP contribution < -0.4 is 4.90 Å². The first-order valence-electron chi connectivity index (χ1n) is 8.53. The number of halogens is 4. The van der Waals surface area contributed by atoms with Crippen LogP contribution in [-0.4, -0.2) is 42.8 Å². The maximum absolute atomic E-state index is 12.8. The van der Waals surface area contributed by atoms with Crippen molar-refractivity contribution >= 4 is 27.7 Å². The minimum atomic E-state index is -4.35. The number of amides is 1. The molecule has 2 atom stereocenters. The quantitative estimate of drug-likeness (QED) is 0.637. The van der Waals surface area contributed by atoms with E-state index in [9.17, 15) is 18.0 Å². The molecular formula is C18H22BrF3N2O2. The Morgan fingerprint density at radius 1 is 1.12 bits per heavy atom. The van der Waals surface area contributed by atoms with Crippen LogP contribution in [0.15, 0.2) is 22.7 Å². The van der Waals surface area contributed by atoms with E-state index in [-0.39, 0.29) is 6.09 Å². The van der Waals surface area contributed by atoms with Crippen LogP contribution in [0.2, 0.25) is 0 Å². The van der Waals surface area contributed by atoms with Gasteiger partial charge >= 0.3 is 12.3 Å². The summed E-state index contributed by atoms with van der Waals surface area (Å²) >= 11 is 3.27. The van der Waals surface area contributed by atoms with Gasteiger partial charge in [-0.1, -0.05) is 0 Å². The SMILES string of the molecule is CC(C)(C)OC(=O)N1CC2CN(c3ccc(C(F)(F)F)cc3Br)CC2C1. The Labute approximate surface area is 159 Å². The van der Waals surface area contributed by atoms with Gasteiger partial charge in [0.15, 0.2) is 0 Å². The molecule has 0 radical (unpaired) electrons. The zero-order valence-corrected chi connectivity index (χ0v) is 16.5. The Morgan fingerprint density at radius 2 is 1.69 bits per heavy atom. The van der Waals surface area contributed by atoms with Crippen LogP contribution in [0, 0.1) is 11.8 Å². The highest BCUT2D eigenvalue weighted by molar-refractivity contribution is 9.10. The summed E-state index contributed by atoms with van der Waals surface area (Å²) in [7, 11) is 0. The second-order valence-corrected chi connectivity index (χ2v) is 8.83. The molecule has 0 spiro atoms. The highest BCUT2D eigenvalue weighted by atomic mass is 79.9. The van der Waals surface area contributed by atoms with E-state index in [0.29, 0.717) is 42.5 Å². The third-order valence-electron chi connectivity index (χ3n) is 4.75. The van der Waals surface area contributed by atoms with Crippen LogP contribution in [0.1, 0.15) is 26.3 Å². The Morgan fingerprint density at radius 3 is 2.15 bits per heavy atom. The van der Waals surface area contributed by atoms with E-state index >= 15 is 0 Å². The molecule has 0 aromatic heterocycles. The van der Waals surface area contributed by atoms with Crippen molar-refractivity contribution in [2.24, 2.45) is 11.8 Å². The van der Waals surface area contributed by atoms with Crippen LogP contribution in [0.5, 0.6) is 0 Å². The second kappa shape index (κ2) is 6.62. The molecule has 0 bridgehead atoms. The first kappa shape index (κ1) is 19.3. The Kier molecular flexibility index (Phi) is 4.92. The number of carbonyl (C=O) groups is 1. The summed E-state index contributed by atoms with van der Waals surface area (Å²) in [5, 5.41) is 0. The standard InChI is InChI=1S/C18H22BrF3N2O2/c1-17(2,3)26-16(25)24-9-11-7-23(8-12(11)10-24)15-5-4-13(6-14(15)19)18(20,21)22/h4-6,11-12H,7-10H2,1-3H3. The van der Waals surface area contributed by atoms with E-state index in [2.05, 4.69) is 20.8 Å². The fourth-order valence-corrected chi connectivity index (χ4v) is 4.23. The number of likely N-dealkylation sites (tertiary alicyclic amines) is 1. The average molecular weight is 435 g/mol. The summed E-state index contributed by atoms with van der Waals surface area (Å²) in [6.07, 6.45) is -4.65. The van der Waals surface area contributed by atoms with Gasteiger partial charge in [0, 0.05) is 42.5 Å². The number of hydrogen-bond donors (Lipinski definition) is 0. The number of rotatable bonds is 1. The summed E-state index contributed by atoms with van der Waals surface area (Å²) < 4.78 is 44.3. The Bertz CT molecular complexity index is 689. The molecular weight excluding hydrogens is 413 g/mol. The fourth-order valence-electron chi connectivity index (χ4n) is 3.61. The molecule has 8 heteroatoms. The molecule has 0 saturated carbocycles. The van der Waals surface area contributed by atoms with Crippen LogP contribution in [0.3, 0.4) is 0 Å². The summed E-state index contributed by atoms with van der Waals surface area (Å²) in [4.78, 5) is 16.0. The molecule has 0 aliphatic carbocycles. The number of benzene rings is 1. The van der Waals surface area contributed by atoms with E-state index in [1.807, 2.05) is 20.8 Å². The molecule has 2 fully saturated rings. The van der Waals surface area contributed by atoms with Crippen LogP contribution in [0.4, 0.5) is 23.7 Å². The molecule has 2 saturated heterocycles. The molecule has 1 aromatic carbocycles. The van der Waals surface area contributed by atoms with Gasteiger partial charge in [-0.15, -0.1) is 0 Å². The zero-order chi connectivity index (χ0) is 19.3. The van der Waals surface area contributed by atoms with Gasteiger partial charge in [-0.2, -0.15) is 13.2 Å². The Balaban J connectivity index is 1.64. The average Bonchev–Trinajstić information content (AvgIpc) is 3.02. The van der Waals surface area contributed by atoms with Crippen molar-refractivity contribution in [3.8, 4) is 0 Å². The lowest BCUT2D eigenvalue weighted by Crippen LogP contribution is -2.37. The first-order chi connectivity index (χ1) is 11.9. The van der Waals surface area contributed by atoms with Gasteiger partial charge in [0.05, 0.1) is 11.3 Å². The number of ether oxygens (including phenoxy) is 1. The molecule has 0 N–H and O–H groups in total. The predicted octanol–water partition coefficient (Wildman–Crippen LogP) is 4.77. The lowest BCUT2D eigenvalue weighted by atomic mass is 10.0. The maximum atomic E-state index is 12.8. The summed E-state index contributed by atoms with van der Waals surface area (Å²) in [5.41, 5.74) is -0.425. The predicted molar refractivity (Wildman–Crippen MR) is 96.1 cm³/mol. The van der Waals surface area contributed by atoms with E-state index in [4.69, 9.17) is 4.74 Å². The van der Waals surface area contributed by atoms with Crippen molar-refractivity contribution in [1.29, 1.82) is 0 Å². The molecule has 26 heavy (non-hydrogen) atoms. The van der Waals surface area contributed by atoms with Crippen molar-refractivity contribution in [1.82, 2.24) is 4.90 Å². The van der Waals surface area contributed by atoms with Gasteiger partial charge in [0.25, 0.3) is 0 Å². The van der Waals surface area contributed by atoms with Gasteiger partial charge in [0.1, 0.15) is 5.60 Å². The summed E-state index contributed by atoms with van der Waals surface area (Å²) in [6, 6.07) is 3.75. The van der Waals surface area contributed by atoms with Crippen molar-refractivity contribution in [2.75, 3.05) is 31.1 Å². The van der Waals surface area contributed by atoms with Crippen molar-refractivity contribution in [3.63, 3.8) is 0 Å². The first-order valence-corrected chi connectivity index (χ1v) is 9.33. The molecule has 2 unspecified atom stereocenters. The monoisotopic (exact) mass is 434 g/mol. The minimum Gasteiger partial charge on any atom is -0.444 e. The molecule has 144 valence electrons. The molecule has 4 nitrogen and oxygen atoms in total. The number of nitrogens with zero attached hydrogens (tertiary/aromatic N) is 2. The van der Waals surface area contributed by atoms with E-state index in [1.165, 1.54) is 6.07 Å². The lowest BCUT2D eigenvalue weighted by Gasteiger charge is -2.27. The van der Waals surface area contributed by atoms with E-state index in [0.717, 1.165) is 17.8 Å². The smallest absolute Gasteiger partial charge is 0.416 e. The second-order valence-electron chi connectivity index (χ2n) is 7.97. The van der Waals surface area contributed by atoms with Gasteiger partial charge in [0.2, 0.25) is 0 Å². The van der Waals surface area contributed by atoms with Crippen molar-refractivity contribution in [3.05, 3.63) is 28.2 Å². The van der Waals surface area contributed by atoms with Gasteiger partial charge in [-0.05, 0) is 54.9 Å². The number of anilines is 1.